The summed E-state index contributed by atoms with van der Waals surface area (Å²) < 4.78 is 0. The first kappa shape index (κ1) is 13.2. The van der Waals surface area contributed by atoms with E-state index in [-0.39, 0.29) is 0 Å². The zero-order valence-corrected chi connectivity index (χ0v) is 10.5. The fraction of sp³-hybridized carbons (Fsp3) is 0.833. The van der Waals surface area contributed by atoms with Gasteiger partial charge < -0.3 is 5.32 Å². The van der Waals surface area contributed by atoms with Gasteiger partial charge in [-0.05, 0) is 19.4 Å². The highest BCUT2D eigenvalue weighted by Crippen LogP contribution is 2.17. The molecule has 1 unspecified atom stereocenters. The Morgan fingerprint density at radius 3 is 2.75 bits per heavy atom. The van der Waals surface area contributed by atoms with E-state index >= 15 is 0 Å². The molecule has 0 aliphatic carbocycles. The molecular formula is C12H24N4. The maximum absolute atomic E-state index is 4.17. The molecule has 4 heteroatoms. The number of aromatic amines is 1. The van der Waals surface area contributed by atoms with Crippen molar-refractivity contribution in [3.8, 4) is 0 Å². The lowest BCUT2D eigenvalue weighted by atomic mass is 10.1. The molecule has 0 fully saturated rings. The van der Waals surface area contributed by atoms with Gasteiger partial charge in [-0.1, -0.05) is 39.5 Å². The molecule has 1 aromatic heterocycles. The number of rotatable bonds is 9. The van der Waals surface area contributed by atoms with Crippen LogP contribution in [0.15, 0.2) is 6.20 Å². The molecule has 0 aromatic carbocycles. The van der Waals surface area contributed by atoms with E-state index in [0.29, 0.717) is 6.04 Å². The first-order chi connectivity index (χ1) is 7.88. The van der Waals surface area contributed by atoms with Crippen molar-refractivity contribution in [1.82, 2.24) is 20.7 Å². The Bertz CT molecular complexity index is 246. The van der Waals surface area contributed by atoms with Gasteiger partial charge in [0.25, 0.3) is 0 Å². The van der Waals surface area contributed by atoms with Crippen molar-refractivity contribution < 1.29 is 0 Å². The lowest BCUT2D eigenvalue weighted by Gasteiger charge is -2.15. The second-order valence-electron chi connectivity index (χ2n) is 4.25. The van der Waals surface area contributed by atoms with Crippen LogP contribution in [0.4, 0.5) is 0 Å². The third kappa shape index (κ3) is 4.75. The number of hydrogen-bond acceptors (Lipinski definition) is 3. The Labute approximate surface area is 98.2 Å². The van der Waals surface area contributed by atoms with Gasteiger partial charge in [-0.25, -0.2) is 0 Å². The molecular weight excluding hydrogens is 200 g/mol. The topological polar surface area (TPSA) is 53.6 Å². The van der Waals surface area contributed by atoms with E-state index in [1.807, 2.05) is 6.20 Å². The van der Waals surface area contributed by atoms with E-state index < -0.39 is 0 Å². The average Bonchev–Trinajstić information content (AvgIpc) is 2.82. The normalized spacial score (nSPS) is 12.9. The first-order valence-electron chi connectivity index (χ1n) is 6.47. The van der Waals surface area contributed by atoms with E-state index in [9.17, 15) is 0 Å². The molecule has 0 aliphatic rings. The number of aromatic nitrogens is 3. The number of nitrogens with one attached hydrogen (secondary N) is 2. The standard InChI is InChI=1S/C12H24N4/c1-3-5-6-7-8-11(13-9-4-2)12-10-14-16-15-12/h10-11,13H,3-9H2,1-2H3,(H,14,15,16). The Hall–Kier alpha value is -0.900. The third-order valence-corrected chi connectivity index (χ3v) is 2.78. The number of hydrogen-bond donors (Lipinski definition) is 2. The molecule has 2 N–H and O–H groups in total. The van der Waals surface area contributed by atoms with Gasteiger partial charge in [-0.2, -0.15) is 15.4 Å². The lowest BCUT2D eigenvalue weighted by Crippen LogP contribution is -2.22. The van der Waals surface area contributed by atoms with E-state index in [1.165, 1.54) is 25.7 Å². The zero-order chi connectivity index (χ0) is 11.6. The predicted octanol–water partition coefficient (Wildman–Crippen LogP) is 2.82. The number of unbranched alkanes of at least 4 members (excludes halogenated alkanes) is 3. The highest BCUT2D eigenvalue weighted by molar-refractivity contribution is 4.99. The Morgan fingerprint density at radius 1 is 1.25 bits per heavy atom. The van der Waals surface area contributed by atoms with Crippen LogP contribution in [0.1, 0.15) is 64.1 Å². The zero-order valence-electron chi connectivity index (χ0n) is 10.5. The second-order valence-corrected chi connectivity index (χ2v) is 4.25. The first-order valence-corrected chi connectivity index (χ1v) is 6.47. The molecule has 1 aromatic rings. The van der Waals surface area contributed by atoms with Crippen molar-refractivity contribution in [2.24, 2.45) is 0 Å². The molecule has 1 atom stereocenters. The van der Waals surface area contributed by atoms with Crippen molar-refractivity contribution in [3.63, 3.8) is 0 Å². The molecule has 16 heavy (non-hydrogen) atoms. The van der Waals surface area contributed by atoms with Crippen molar-refractivity contribution in [1.29, 1.82) is 0 Å². The molecule has 0 amide bonds. The summed E-state index contributed by atoms with van der Waals surface area (Å²) >= 11 is 0. The molecule has 4 nitrogen and oxygen atoms in total. The number of nitrogens with zero attached hydrogens (tertiary/aromatic N) is 2. The number of H-pyrrole nitrogens is 1. The average molecular weight is 224 g/mol. The van der Waals surface area contributed by atoms with Crippen LogP contribution < -0.4 is 5.32 Å². The monoisotopic (exact) mass is 224 g/mol. The van der Waals surface area contributed by atoms with Gasteiger partial charge in [0.15, 0.2) is 0 Å². The second kappa shape index (κ2) is 8.28. The van der Waals surface area contributed by atoms with Gasteiger partial charge in [0.1, 0.15) is 0 Å². The summed E-state index contributed by atoms with van der Waals surface area (Å²) in [4.78, 5) is 0. The van der Waals surface area contributed by atoms with Crippen LogP contribution >= 0.6 is 0 Å². The summed E-state index contributed by atoms with van der Waals surface area (Å²) in [5.41, 5.74) is 1.05. The molecule has 1 heterocycles. The van der Waals surface area contributed by atoms with Crippen LogP contribution in [0.2, 0.25) is 0 Å². The predicted molar refractivity (Wildman–Crippen MR) is 66.2 cm³/mol. The minimum absolute atomic E-state index is 0.371. The molecule has 1 rings (SSSR count). The largest absolute Gasteiger partial charge is 0.309 e. The van der Waals surface area contributed by atoms with E-state index in [2.05, 4.69) is 34.6 Å². The Balaban J connectivity index is 2.32. The van der Waals surface area contributed by atoms with E-state index in [0.717, 1.165) is 25.1 Å². The quantitative estimate of drug-likeness (QED) is 0.634. The SMILES string of the molecule is CCCCCCC(NCCC)c1cn[nH]n1. The molecule has 0 bridgehead atoms. The van der Waals surface area contributed by atoms with Crippen LogP contribution in [-0.2, 0) is 0 Å². The van der Waals surface area contributed by atoms with Gasteiger partial charge in [-0.3, -0.25) is 0 Å². The fourth-order valence-electron chi connectivity index (χ4n) is 1.83. The van der Waals surface area contributed by atoms with Crippen molar-refractivity contribution in [2.75, 3.05) is 6.54 Å². The highest BCUT2D eigenvalue weighted by atomic mass is 15.3. The third-order valence-electron chi connectivity index (χ3n) is 2.78. The maximum atomic E-state index is 4.17. The lowest BCUT2D eigenvalue weighted by molar-refractivity contribution is 0.461. The van der Waals surface area contributed by atoms with Crippen LogP contribution in [0.25, 0.3) is 0 Å². The Morgan fingerprint density at radius 2 is 2.12 bits per heavy atom. The van der Waals surface area contributed by atoms with Gasteiger partial charge in [-0.15, -0.1) is 0 Å². The smallest absolute Gasteiger partial charge is 0.0993 e. The molecule has 0 saturated heterocycles. The molecule has 0 radical (unpaired) electrons. The van der Waals surface area contributed by atoms with Crippen LogP contribution in [0.3, 0.4) is 0 Å². The fourth-order valence-corrected chi connectivity index (χ4v) is 1.83. The Kier molecular flexibility index (Phi) is 6.81. The minimum Gasteiger partial charge on any atom is -0.309 e. The minimum atomic E-state index is 0.371. The summed E-state index contributed by atoms with van der Waals surface area (Å²) in [5, 5.41) is 14.3. The summed E-state index contributed by atoms with van der Waals surface area (Å²) in [7, 11) is 0. The van der Waals surface area contributed by atoms with Gasteiger partial charge in [0.2, 0.25) is 0 Å². The summed E-state index contributed by atoms with van der Waals surface area (Å²) in [6, 6.07) is 0.371. The summed E-state index contributed by atoms with van der Waals surface area (Å²) in [6.45, 7) is 5.47. The van der Waals surface area contributed by atoms with E-state index in [4.69, 9.17) is 0 Å². The summed E-state index contributed by atoms with van der Waals surface area (Å²) in [6.07, 6.45) is 9.35. The van der Waals surface area contributed by atoms with Crippen molar-refractivity contribution >= 4 is 0 Å². The highest BCUT2D eigenvalue weighted by Gasteiger charge is 2.12. The molecule has 92 valence electrons. The molecule has 0 saturated carbocycles. The summed E-state index contributed by atoms with van der Waals surface area (Å²) in [5.74, 6) is 0. The van der Waals surface area contributed by atoms with Crippen molar-refractivity contribution in [2.45, 2.75) is 58.4 Å². The molecule has 0 aliphatic heterocycles. The van der Waals surface area contributed by atoms with Crippen LogP contribution in [0.5, 0.6) is 0 Å². The van der Waals surface area contributed by atoms with Crippen LogP contribution in [0, 0.1) is 0 Å². The van der Waals surface area contributed by atoms with Gasteiger partial charge in [0.05, 0.1) is 17.9 Å². The maximum Gasteiger partial charge on any atom is 0.0993 e. The van der Waals surface area contributed by atoms with Gasteiger partial charge >= 0.3 is 0 Å². The van der Waals surface area contributed by atoms with Gasteiger partial charge in [0, 0.05) is 0 Å². The van der Waals surface area contributed by atoms with Crippen LogP contribution in [-0.4, -0.2) is 22.0 Å². The van der Waals surface area contributed by atoms with Crippen molar-refractivity contribution in [3.05, 3.63) is 11.9 Å². The molecule has 0 spiro atoms. The van der Waals surface area contributed by atoms with E-state index in [1.54, 1.807) is 0 Å².